The average molecular weight is 319 g/mol. The number of hydrogen-bond donors (Lipinski definition) is 1. The van der Waals surface area contributed by atoms with Gasteiger partial charge in [0.25, 0.3) is 0 Å². The summed E-state index contributed by atoms with van der Waals surface area (Å²) in [5.74, 6) is 0.830. The average Bonchev–Trinajstić information content (AvgIpc) is 3.15. The third-order valence-electron chi connectivity index (χ3n) is 4.36. The van der Waals surface area contributed by atoms with Crippen LogP contribution >= 0.6 is 0 Å². The summed E-state index contributed by atoms with van der Waals surface area (Å²) in [4.78, 5) is 20.1. The van der Waals surface area contributed by atoms with E-state index in [0.29, 0.717) is 6.04 Å². The second-order valence-corrected chi connectivity index (χ2v) is 6.52. The number of guanidine groups is 1. The summed E-state index contributed by atoms with van der Waals surface area (Å²) in [6.45, 7) is 0.942. The minimum absolute atomic E-state index is 0.0167. The van der Waals surface area contributed by atoms with Gasteiger partial charge >= 0.3 is 0 Å². The molecule has 1 heterocycles. The Morgan fingerprint density at radius 3 is 2.61 bits per heavy atom. The lowest BCUT2D eigenvalue weighted by Crippen LogP contribution is -2.44. The Kier molecular flexibility index (Phi) is 6.07. The molecular formula is C17H29N5O. The maximum absolute atomic E-state index is 11.8. The third-order valence-corrected chi connectivity index (χ3v) is 4.36. The summed E-state index contributed by atoms with van der Waals surface area (Å²) < 4.78 is 2.11. The van der Waals surface area contributed by atoms with Crippen molar-refractivity contribution >= 4 is 11.9 Å². The highest BCUT2D eigenvalue weighted by Gasteiger charge is 2.19. The highest BCUT2D eigenvalue weighted by atomic mass is 16.2. The highest BCUT2D eigenvalue weighted by molar-refractivity contribution is 5.84. The van der Waals surface area contributed by atoms with Crippen molar-refractivity contribution < 1.29 is 4.79 Å². The molecule has 6 heteroatoms. The molecule has 1 N–H and O–H groups in total. The molecule has 1 saturated carbocycles. The number of rotatable bonds is 5. The van der Waals surface area contributed by atoms with Gasteiger partial charge in [-0.2, -0.15) is 0 Å². The molecule has 2 rings (SSSR count). The molecule has 0 bridgehead atoms. The first-order valence-corrected chi connectivity index (χ1v) is 8.30. The first-order valence-electron chi connectivity index (χ1n) is 8.30. The molecule has 0 aliphatic heterocycles. The number of nitrogens with one attached hydrogen (secondary N) is 1. The molecule has 23 heavy (non-hydrogen) atoms. The Morgan fingerprint density at radius 1 is 1.35 bits per heavy atom. The van der Waals surface area contributed by atoms with Crippen LogP contribution in [0.1, 0.15) is 31.4 Å². The first kappa shape index (κ1) is 17.4. The number of carbonyl (C=O) groups is 1. The Balaban J connectivity index is 2.05. The van der Waals surface area contributed by atoms with E-state index in [-0.39, 0.29) is 12.5 Å². The lowest BCUT2D eigenvalue weighted by Gasteiger charge is -2.25. The predicted molar refractivity (Wildman–Crippen MR) is 93.3 cm³/mol. The molecule has 6 nitrogen and oxygen atoms in total. The second-order valence-electron chi connectivity index (χ2n) is 6.52. The van der Waals surface area contributed by atoms with Crippen molar-refractivity contribution in [1.29, 1.82) is 0 Å². The van der Waals surface area contributed by atoms with Gasteiger partial charge in [-0.15, -0.1) is 0 Å². The fourth-order valence-electron chi connectivity index (χ4n) is 2.79. The molecule has 1 fully saturated rings. The van der Waals surface area contributed by atoms with Crippen LogP contribution in [0.15, 0.2) is 23.3 Å². The molecule has 0 atom stereocenters. The predicted octanol–water partition coefficient (Wildman–Crippen LogP) is 1.43. The lowest BCUT2D eigenvalue weighted by atomic mass is 10.2. The zero-order chi connectivity index (χ0) is 16.8. The molecular weight excluding hydrogens is 290 g/mol. The maximum atomic E-state index is 11.8. The van der Waals surface area contributed by atoms with Gasteiger partial charge in [-0.05, 0) is 25.0 Å². The van der Waals surface area contributed by atoms with Crippen LogP contribution in [-0.4, -0.2) is 60.0 Å². The fourth-order valence-corrected chi connectivity index (χ4v) is 2.79. The second kappa shape index (κ2) is 8.04. The van der Waals surface area contributed by atoms with E-state index in [9.17, 15) is 4.79 Å². The van der Waals surface area contributed by atoms with Crippen molar-refractivity contribution in [3.8, 4) is 0 Å². The van der Waals surface area contributed by atoms with Gasteiger partial charge < -0.3 is 19.7 Å². The van der Waals surface area contributed by atoms with E-state index < -0.39 is 0 Å². The normalized spacial score (nSPS) is 15.7. The number of aromatic nitrogens is 1. The minimum Gasteiger partial charge on any atom is -0.353 e. The largest absolute Gasteiger partial charge is 0.353 e. The molecule has 0 saturated heterocycles. The molecule has 1 amide bonds. The summed E-state index contributed by atoms with van der Waals surface area (Å²) >= 11 is 0. The number of amides is 1. The van der Waals surface area contributed by atoms with Crippen LogP contribution in [0.2, 0.25) is 0 Å². The van der Waals surface area contributed by atoms with Gasteiger partial charge in [0, 0.05) is 46.1 Å². The minimum atomic E-state index is 0.0167. The molecule has 1 aliphatic rings. The van der Waals surface area contributed by atoms with Crippen molar-refractivity contribution in [1.82, 2.24) is 19.7 Å². The summed E-state index contributed by atoms with van der Waals surface area (Å²) in [5.41, 5.74) is 1.22. The molecule has 0 radical (unpaired) electrons. The summed E-state index contributed by atoms with van der Waals surface area (Å²) in [7, 11) is 7.58. The molecule has 1 aromatic heterocycles. The van der Waals surface area contributed by atoms with Crippen LogP contribution in [0.25, 0.3) is 0 Å². The smallest absolute Gasteiger partial charge is 0.243 e. The number of carbonyl (C=O) groups excluding carboxylic acids is 1. The van der Waals surface area contributed by atoms with Gasteiger partial charge in [-0.25, -0.2) is 4.99 Å². The summed E-state index contributed by atoms with van der Waals surface area (Å²) in [6.07, 6.45) is 6.93. The Bertz CT molecular complexity index is 543. The standard InChI is InChI=1S/C17H29N5O/c1-20(2)16(23)12-18-17(19-14-8-5-6-9-14)22(4)13-15-10-7-11-21(15)3/h7,10-11,14H,5-6,8-9,12-13H2,1-4H3,(H,18,19). The molecule has 1 aromatic rings. The number of aliphatic imine (C=N–C) groups is 1. The summed E-state index contributed by atoms with van der Waals surface area (Å²) in [5, 5.41) is 3.54. The third kappa shape index (κ3) is 5.01. The van der Waals surface area contributed by atoms with E-state index >= 15 is 0 Å². The zero-order valence-electron chi connectivity index (χ0n) is 14.7. The molecule has 1 aliphatic carbocycles. The zero-order valence-corrected chi connectivity index (χ0v) is 14.7. The van der Waals surface area contributed by atoms with E-state index in [1.165, 1.54) is 31.4 Å². The highest BCUT2D eigenvalue weighted by Crippen LogP contribution is 2.18. The van der Waals surface area contributed by atoms with Crippen LogP contribution in [0.5, 0.6) is 0 Å². The summed E-state index contributed by atoms with van der Waals surface area (Å²) in [6, 6.07) is 4.62. The number of hydrogen-bond acceptors (Lipinski definition) is 2. The number of aryl methyl sites for hydroxylation is 1. The quantitative estimate of drug-likeness (QED) is 0.660. The maximum Gasteiger partial charge on any atom is 0.243 e. The van der Waals surface area contributed by atoms with Crippen LogP contribution in [0, 0.1) is 0 Å². The van der Waals surface area contributed by atoms with E-state index in [4.69, 9.17) is 0 Å². The molecule has 0 aromatic carbocycles. The Morgan fingerprint density at radius 2 is 2.04 bits per heavy atom. The van der Waals surface area contributed by atoms with Gasteiger partial charge in [0.1, 0.15) is 6.54 Å². The van der Waals surface area contributed by atoms with Gasteiger partial charge in [0.2, 0.25) is 5.91 Å². The van der Waals surface area contributed by atoms with Crippen LogP contribution in [-0.2, 0) is 18.4 Å². The van der Waals surface area contributed by atoms with Crippen molar-refractivity contribution in [2.24, 2.45) is 12.0 Å². The van der Waals surface area contributed by atoms with Gasteiger partial charge in [-0.3, -0.25) is 4.79 Å². The topological polar surface area (TPSA) is 52.9 Å². The van der Waals surface area contributed by atoms with E-state index in [1.54, 1.807) is 19.0 Å². The van der Waals surface area contributed by atoms with E-state index in [2.05, 4.69) is 25.8 Å². The Labute approximate surface area is 139 Å². The molecule has 128 valence electrons. The fraction of sp³-hybridized carbons (Fsp3) is 0.647. The van der Waals surface area contributed by atoms with Crippen molar-refractivity contribution in [3.05, 3.63) is 24.0 Å². The van der Waals surface area contributed by atoms with Crippen LogP contribution < -0.4 is 5.32 Å². The van der Waals surface area contributed by atoms with E-state index in [0.717, 1.165) is 12.5 Å². The van der Waals surface area contributed by atoms with Crippen molar-refractivity contribution in [2.75, 3.05) is 27.7 Å². The Hall–Kier alpha value is -1.98. The number of likely N-dealkylation sites (N-methyl/N-ethyl adjacent to an activating group) is 1. The van der Waals surface area contributed by atoms with Gasteiger partial charge in [-0.1, -0.05) is 12.8 Å². The SMILES string of the molecule is CN(C)C(=O)CN=C(NC1CCCC1)N(C)Cc1cccn1C. The number of nitrogens with zero attached hydrogens (tertiary/aromatic N) is 4. The van der Waals surface area contributed by atoms with Crippen LogP contribution in [0.4, 0.5) is 0 Å². The van der Waals surface area contributed by atoms with Crippen LogP contribution in [0.3, 0.4) is 0 Å². The van der Waals surface area contributed by atoms with Gasteiger partial charge in [0.15, 0.2) is 5.96 Å². The van der Waals surface area contributed by atoms with Crippen molar-refractivity contribution in [2.45, 2.75) is 38.3 Å². The monoisotopic (exact) mass is 319 g/mol. The molecule has 0 unspecified atom stereocenters. The van der Waals surface area contributed by atoms with E-state index in [1.807, 2.05) is 26.4 Å². The lowest BCUT2D eigenvalue weighted by molar-refractivity contribution is -0.127. The first-order chi connectivity index (χ1) is 11.0. The van der Waals surface area contributed by atoms with Crippen molar-refractivity contribution in [3.63, 3.8) is 0 Å². The van der Waals surface area contributed by atoms with Gasteiger partial charge in [0.05, 0.1) is 6.54 Å². The molecule has 0 spiro atoms.